The van der Waals surface area contributed by atoms with Gasteiger partial charge in [0.05, 0.1) is 12.8 Å². The molecule has 2 N–H and O–H groups in total. The Hall–Kier alpha value is -4.06. The second kappa shape index (κ2) is 6.74. The third-order valence-electron chi connectivity index (χ3n) is 5.91. The molecule has 6 heteroatoms. The summed E-state index contributed by atoms with van der Waals surface area (Å²) in [6, 6.07) is 21.7. The average molecular weight is 412 g/mol. The smallest absolute Gasteiger partial charge is 0.231 e. The topological polar surface area (TPSA) is 64.9 Å². The fourth-order valence-corrected chi connectivity index (χ4v) is 4.43. The highest BCUT2D eigenvalue weighted by Gasteiger charge is 2.34. The summed E-state index contributed by atoms with van der Waals surface area (Å²) in [4.78, 5) is 0. The van der Waals surface area contributed by atoms with Crippen LogP contribution in [0.15, 0.2) is 72.9 Å². The van der Waals surface area contributed by atoms with Gasteiger partial charge in [0.15, 0.2) is 11.5 Å². The lowest BCUT2D eigenvalue weighted by atomic mass is 9.82. The van der Waals surface area contributed by atoms with Gasteiger partial charge in [-0.1, -0.05) is 30.3 Å². The summed E-state index contributed by atoms with van der Waals surface area (Å²) >= 11 is 0. The Kier molecular flexibility index (Phi) is 3.86. The molecule has 2 aliphatic heterocycles. The molecule has 3 heterocycles. The van der Waals surface area contributed by atoms with Crippen LogP contribution in [0.2, 0.25) is 0 Å². The molecule has 154 valence electrons. The number of aromatic nitrogens is 1. The van der Waals surface area contributed by atoms with Gasteiger partial charge in [-0.25, -0.2) is 0 Å². The van der Waals surface area contributed by atoms with Gasteiger partial charge in [0, 0.05) is 35.1 Å². The average Bonchev–Trinajstić information content (AvgIpc) is 3.40. The molecule has 0 aliphatic carbocycles. The fourth-order valence-electron chi connectivity index (χ4n) is 4.43. The van der Waals surface area contributed by atoms with Gasteiger partial charge in [-0.05, 0) is 41.5 Å². The number of hydrogen-bond acceptors (Lipinski definition) is 5. The van der Waals surface area contributed by atoms with Crippen molar-refractivity contribution in [2.45, 2.75) is 5.92 Å². The van der Waals surface area contributed by atoms with Gasteiger partial charge in [0.1, 0.15) is 5.75 Å². The van der Waals surface area contributed by atoms with Crippen molar-refractivity contribution < 1.29 is 19.3 Å². The van der Waals surface area contributed by atoms with Crippen LogP contribution in [0.4, 0.5) is 11.4 Å². The quantitative estimate of drug-likeness (QED) is 0.429. The lowest BCUT2D eigenvalue weighted by Gasteiger charge is -2.28. The number of benzene rings is 3. The van der Waals surface area contributed by atoms with E-state index in [1.165, 1.54) is 0 Å². The van der Waals surface area contributed by atoms with E-state index >= 15 is 0 Å². The van der Waals surface area contributed by atoms with E-state index in [1.807, 2.05) is 72.9 Å². The predicted molar refractivity (Wildman–Crippen MR) is 117 cm³/mol. The zero-order valence-electron chi connectivity index (χ0n) is 16.8. The monoisotopic (exact) mass is 412 g/mol. The minimum Gasteiger partial charge on any atom is -0.497 e. The summed E-state index contributed by atoms with van der Waals surface area (Å²) in [6.45, 7) is 0.212. The molecule has 1 atom stereocenters. The van der Waals surface area contributed by atoms with Crippen molar-refractivity contribution in [3.05, 3.63) is 89.6 Å². The molecule has 0 radical (unpaired) electrons. The normalized spacial score (nSPS) is 15.7. The van der Waals surface area contributed by atoms with Crippen molar-refractivity contribution in [2.24, 2.45) is 0 Å². The van der Waals surface area contributed by atoms with E-state index in [4.69, 9.17) is 14.2 Å². The van der Waals surface area contributed by atoms with Gasteiger partial charge in [-0.2, -0.15) is 0 Å². The van der Waals surface area contributed by atoms with Crippen LogP contribution in [0.3, 0.4) is 0 Å². The molecule has 1 aromatic heterocycles. The van der Waals surface area contributed by atoms with Crippen molar-refractivity contribution in [3.63, 3.8) is 0 Å². The first-order valence-corrected chi connectivity index (χ1v) is 10.1. The zero-order valence-corrected chi connectivity index (χ0v) is 16.8. The number of hydrogen-bond donors (Lipinski definition) is 2. The number of anilines is 2. The van der Waals surface area contributed by atoms with E-state index in [9.17, 15) is 5.11 Å². The first-order valence-electron chi connectivity index (χ1n) is 10.1. The largest absolute Gasteiger partial charge is 0.497 e. The highest BCUT2D eigenvalue weighted by molar-refractivity contribution is 5.80. The zero-order chi connectivity index (χ0) is 20.9. The molecule has 1 unspecified atom stereocenters. The Bertz CT molecular complexity index is 1280. The lowest BCUT2D eigenvalue weighted by Crippen LogP contribution is -2.13. The number of aromatic hydroxyl groups is 1. The first kappa shape index (κ1) is 17.8. The summed E-state index contributed by atoms with van der Waals surface area (Å²) in [7, 11) is 1.65. The van der Waals surface area contributed by atoms with E-state index in [1.54, 1.807) is 11.7 Å². The molecule has 6 rings (SSSR count). The SMILES string of the molecule is COc1ccc(C2c3cc4c(cc3Nc3cn(-c5ccccc5)c(O)c32)OCO4)cc1. The molecule has 0 fully saturated rings. The van der Waals surface area contributed by atoms with Crippen LogP contribution in [-0.2, 0) is 0 Å². The maximum absolute atomic E-state index is 11.3. The number of nitrogens with zero attached hydrogens (tertiary/aromatic N) is 1. The van der Waals surface area contributed by atoms with Crippen molar-refractivity contribution in [1.29, 1.82) is 0 Å². The van der Waals surface area contributed by atoms with Crippen LogP contribution >= 0.6 is 0 Å². The molecule has 31 heavy (non-hydrogen) atoms. The molecule has 4 aromatic rings. The maximum Gasteiger partial charge on any atom is 0.231 e. The molecule has 0 bridgehead atoms. The standard InChI is InChI=1S/C25H20N2O4/c1-29-17-9-7-15(8-10-17)23-18-11-21-22(31-14-30-21)12-19(18)26-20-13-27(25(28)24(20)23)16-5-3-2-4-6-16/h2-13,23,26,28H,14H2,1H3. The molecule has 6 nitrogen and oxygen atoms in total. The van der Waals surface area contributed by atoms with E-state index < -0.39 is 0 Å². The summed E-state index contributed by atoms with van der Waals surface area (Å²) in [5.74, 6) is 2.24. The summed E-state index contributed by atoms with van der Waals surface area (Å²) in [5.41, 5.74) is 5.56. The van der Waals surface area contributed by atoms with Crippen LogP contribution in [0.1, 0.15) is 22.6 Å². The molecule has 2 aliphatic rings. The summed E-state index contributed by atoms with van der Waals surface area (Å²) in [6.07, 6.45) is 1.93. The van der Waals surface area contributed by atoms with Crippen LogP contribution < -0.4 is 19.5 Å². The van der Waals surface area contributed by atoms with Gasteiger partial charge in [0.2, 0.25) is 12.7 Å². The highest BCUT2D eigenvalue weighted by atomic mass is 16.7. The molecular weight excluding hydrogens is 392 g/mol. The number of methoxy groups -OCH3 is 1. The molecule has 0 spiro atoms. The fraction of sp³-hybridized carbons (Fsp3) is 0.120. The lowest BCUT2D eigenvalue weighted by molar-refractivity contribution is 0.174. The van der Waals surface area contributed by atoms with Crippen LogP contribution in [0, 0.1) is 0 Å². The summed E-state index contributed by atoms with van der Waals surface area (Å²) in [5, 5.41) is 14.8. The van der Waals surface area contributed by atoms with Gasteiger partial charge in [-0.3, -0.25) is 4.57 Å². The second-order valence-electron chi connectivity index (χ2n) is 7.61. The molecule has 0 amide bonds. The molecule has 0 saturated carbocycles. The van der Waals surface area contributed by atoms with E-state index in [0.717, 1.165) is 45.3 Å². The molecule has 3 aromatic carbocycles. The number of fused-ring (bicyclic) bond motifs is 3. The van der Waals surface area contributed by atoms with Crippen molar-refractivity contribution in [3.8, 4) is 28.8 Å². The van der Waals surface area contributed by atoms with E-state index in [0.29, 0.717) is 5.75 Å². The molecular formula is C25H20N2O4. The van der Waals surface area contributed by atoms with Crippen LogP contribution in [0.5, 0.6) is 23.1 Å². The predicted octanol–water partition coefficient (Wildman–Crippen LogP) is 5.16. The van der Waals surface area contributed by atoms with Gasteiger partial charge >= 0.3 is 0 Å². The Morgan fingerprint density at radius 1 is 0.968 bits per heavy atom. The number of rotatable bonds is 3. The van der Waals surface area contributed by atoms with Crippen LogP contribution in [-0.4, -0.2) is 23.6 Å². The Morgan fingerprint density at radius 3 is 2.45 bits per heavy atom. The van der Waals surface area contributed by atoms with Crippen molar-refractivity contribution in [1.82, 2.24) is 4.57 Å². The first-order chi connectivity index (χ1) is 15.2. The maximum atomic E-state index is 11.3. The third kappa shape index (κ3) is 2.72. The Balaban J connectivity index is 1.57. The number of ether oxygens (including phenoxy) is 3. The second-order valence-corrected chi connectivity index (χ2v) is 7.61. The van der Waals surface area contributed by atoms with E-state index in [-0.39, 0.29) is 18.6 Å². The van der Waals surface area contributed by atoms with Gasteiger partial charge < -0.3 is 24.6 Å². The highest BCUT2D eigenvalue weighted by Crippen LogP contribution is 2.53. The number of nitrogens with one attached hydrogen (secondary N) is 1. The van der Waals surface area contributed by atoms with Crippen LogP contribution in [0.25, 0.3) is 5.69 Å². The summed E-state index contributed by atoms with van der Waals surface area (Å²) < 4.78 is 18.4. The third-order valence-corrected chi connectivity index (χ3v) is 5.91. The van der Waals surface area contributed by atoms with E-state index in [2.05, 4.69) is 5.32 Å². The molecule has 0 saturated heterocycles. The van der Waals surface area contributed by atoms with Gasteiger partial charge in [0.25, 0.3) is 0 Å². The van der Waals surface area contributed by atoms with Gasteiger partial charge in [-0.15, -0.1) is 0 Å². The minimum absolute atomic E-state index is 0.184. The Morgan fingerprint density at radius 2 is 1.71 bits per heavy atom. The van der Waals surface area contributed by atoms with Crippen molar-refractivity contribution in [2.75, 3.05) is 19.2 Å². The Labute approximate surface area is 179 Å². The number of para-hydroxylation sites is 1. The minimum atomic E-state index is -0.184. The van der Waals surface area contributed by atoms with Crippen molar-refractivity contribution >= 4 is 11.4 Å².